The van der Waals surface area contributed by atoms with E-state index in [2.05, 4.69) is 61.8 Å². The lowest BCUT2D eigenvalue weighted by Gasteiger charge is -2.47. The van der Waals surface area contributed by atoms with Crippen LogP contribution in [0, 0.1) is 0 Å². The van der Waals surface area contributed by atoms with Gasteiger partial charge in [-0.1, -0.05) is 77.1 Å². The van der Waals surface area contributed by atoms with Gasteiger partial charge in [-0.15, -0.1) is 0 Å². The van der Waals surface area contributed by atoms with Gasteiger partial charge in [-0.25, -0.2) is 0 Å². The molecule has 1 saturated heterocycles. The molecule has 50 heavy (non-hydrogen) atoms. The van der Waals surface area contributed by atoms with Crippen LogP contribution in [-0.4, -0.2) is 82.4 Å². The predicted octanol–water partition coefficient (Wildman–Crippen LogP) is 9.67. The molecule has 2 aromatic carbocycles. The molecule has 3 rings (SSSR count). The Labute approximate surface area is 314 Å². The van der Waals surface area contributed by atoms with Crippen molar-refractivity contribution in [3.8, 4) is 11.5 Å². The Morgan fingerprint density at radius 2 is 1.34 bits per heavy atom. The summed E-state index contributed by atoms with van der Waals surface area (Å²) in [5.74, 6) is 1.41. The third-order valence-electron chi connectivity index (χ3n) is 8.73. The van der Waals surface area contributed by atoms with Crippen molar-refractivity contribution >= 4 is 27.5 Å². The van der Waals surface area contributed by atoms with Crippen molar-refractivity contribution < 1.29 is 38.3 Å². The van der Waals surface area contributed by atoms with Crippen molar-refractivity contribution in [2.75, 3.05) is 52.9 Å². The molecule has 284 valence electrons. The molecule has 0 aliphatic carbocycles. The molecule has 1 heterocycles. The van der Waals surface area contributed by atoms with Gasteiger partial charge < -0.3 is 38.3 Å². The maximum absolute atomic E-state index is 9.61. The Bertz CT molecular complexity index is 1200. The number of hydrogen-bond acceptors (Lipinski definition) is 8. The topological polar surface area (TPSA) is 84.8 Å². The van der Waals surface area contributed by atoms with E-state index in [9.17, 15) is 5.11 Å². The third kappa shape index (κ3) is 13.2. The maximum atomic E-state index is 9.61. The Balaban J connectivity index is 2.16. The molecule has 1 N–H and O–H groups in total. The van der Waals surface area contributed by atoms with E-state index in [0.29, 0.717) is 74.3 Å². The molecule has 0 amide bonds. The normalized spacial score (nSPS) is 20.7. The first-order chi connectivity index (χ1) is 24.4. The summed E-state index contributed by atoms with van der Waals surface area (Å²) in [7, 11) is 0. The Hall–Kier alpha value is -1.43. The molecule has 0 bridgehead atoms. The fraction of sp³-hybridized carbons (Fsp3) is 0.700. The number of unbranched alkanes of at least 4 members (excludes halogenated alkanes) is 4. The molecule has 1 aliphatic rings. The van der Waals surface area contributed by atoms with Crippen LogP contribution in [0.3, 0.4) is 0 Å². The first-order valence-corrected chi connectivity index (χ1v) is 20.1. The van der Waals surface area contributed by atoms with E-state index in [1.807, 2.05) is 19.1 Å². The van der Waals surface area contributed by atoms with Crippen LogP contribution in [-0.2, 0) is 30.1 Å². The summed E-state index contributed by atoms with van der Waals surface area (Å²) in [6.45, 7) is 14.3. The summed E-state index contributed by atoms with van der Waals surface area (Å²) in [6, 6.07) is 10.2. The maximum Gasteiger partial charge on any atom is 0.140 e. The van der Waals surface area contributed by atoms with Crippen LogP contribution in [0.15, 0.2) is 34.8 Å². The summed E-state index contributed by atoms with van der Waals surface area (Å²) in [6.07, 6.45) is 6.66. The molecule has 0 unspecified atom stereocenters. The minimum absolute atomic E-state index is 0.0144. The van der Waals surface area contributed by atoms with E-state index in [1.165, 1.54) is 0 Å². The van der Waals surface area contributed by atoms with Gasteiger partial charge in [0, 0.05) is 45.0 Å². The van der Waals surface area contributed by atoms with Gasteiger partial charge in [0.1, 0.15) is 42.0 Å². The van der Waals surface area contributed by atoms with E-state index in [1.54, 1.807) is 0 Å². The van der Waals surface area contributed by atoms with Gasteiger partial charge in [-0.3, -0.25) is 0 Å². The number of benzene rings is 2. The summed E-state index contributed by atoms with van der Waals surface area (Å²) >= 11 is 10.9. The zero-order valence-corrected chi connectivity index (χ0v) is 33.4. The number of aliphatic hydroxyl groups excluding tert-OH is 1. The highest BCUT2D eigenvalue weighted by atomic mass is 79.9. The Morgan fingerprint density at radius 1 is 0.740 bits per heavy atom. The van der Waals surface area contributed by atoms with Crippen LogP contribution < -0.4 is 9.47 Å². The van der Waals surface area contributed by atoms with Crippen molar-refractivity contribution in [3.63, 3.8) is 0 Å². The molecule has 2 aromatic rings. The monoisotopic (exact) mass is 784 g/mol. The van der Waals surface area contributed by atoms with E-state index in [0.717, 1.165) is 73.8 Å². The number of hydrogen-bond donors (Lipinski definition) is 1. The summed E-state index contributed by atoms with van der Waals surface area (Å²) in [5.41, 5.74) is 2.83. The summed E-state index contributed by atoms with van der Waals surface area (Å²) in [5, 5.41) is 10.2. The molecular weight excluding hydrogens is 724 g/mol. The molecule has 10 heteroatoms. The molecule has 0 spiro atoms. The highest BCUT2D eigenvalue weighted by Gasteiger charge is 2.49. The van der Waals surface area contributed by atoms with E-state index in [-0.39, 0.29) is 12.7 Å². The SMILES string of the molecule is CCCCOC[C@H]1O[C@@H](c2cc(Cc3ccc(OCC)cc3)c(Cl)c(Br)c2OCCCO)[C@H](OCCCC)[C@@H](OCCCC)[C@@H]1OCCCC. The Morgan fingerprint density at radius 3 is 1.94 bits per heavy atom. The second-order valence-electron chi connectivity index (χ2n) is 12.9. The van der Waals surface area contributed by atoms with Crippen LogP contribution in [0.25, 0.3) is 0 Å². The van der Waals surface area contributed by atoms with E-state index in [4.69, 9.17) is 44.8 Å². The molecule has 8 nitrogen and oxygen atoms in total. The number of ether oxygens (including phenoxy) is 7. The second-order valence-corrected chi connectivity index (χ2v) is 14.0. The van der Waals surface area contributed by atoms with Gasteiger partial charge >= 0.3 is 0 Å². The minimum atomic E-state index is -0.568. The summed E-state index contributed by atoms with van der Waals surface area (Å²) in [4.78, 5) is 0. The van der Waals surface area contributed by atoms with Gasteiger partial charge in [0.15, 0.2) is 0 Å². The van der Waals surface area contributed by atoms with Gasteiger partial charge in [0.05, 0.1) is 29.3 Å². The standard InChI is InChI=1S/C40H62BrClO8/c1-6-11-21-44-28-33-38(47-22-12-7-2)40(49-24-14-9-4)39(48-23-13-8-3)37(50-33)32-27-30(26-29-16-18-31(19-17-29)45-10-5)35(42)34(41)36(32)46-25-15-20-43/h16-19,27,33,37-40,43H,6-15,20-26,28H2,1-5H3/t33-,37+,38-,39+,40+/m1/s1. The zero-order valence-electron chi connectivity index (χ0n) is 31.1. The van der Waals surface area contributed by atoms with Crippen molar-refractivity contribution in [3.05, 3.63) is 56.5 Å². The fourth-order valence-electron chi connectivity index (χ4n) is 5.91. The lowest BCUT2D eigenvalue weighted by atomic mass is 9.88. The predicted molar refractivity (Wildman–Crippen MR) is 204 cm³/mol. The van der Waals surface area contributed by atoms with Crippen molar-refractivity contribution in [2.45, 2.75) is 129 Å². The quantitative estimate of drug-likeness (QED) is 0.0945. The van der Waals surface area contributed by atoms with Crippen LogP contribution in [0.2, 0.25) is 5.02 Å². The number of halogens is 2. The highest BCUT2D eigenvalue weighted by Crippen LogP contribution is 2.47. The number of aliphatic hydroxyl groups is 1. The van der Waals surface area contributed by atoms with Crippen molar-refractivity contribution in [2.24, 2.45) is 0 Å². The van der Waals surface area contributed by atoms with Gasteiger partial charge in [0.2, 0.25) is 0 Å². The summed E-state index contributed by atoms with van der Waals surface area (Å²) < 4.78 is 46.2. The van der Waals surface area contributed by atoms with Crippen LogP contribution in [0.1, 0.15) is 115 Å². The van der Waals surface area contributed by atoms with E-state index >= 15 is 0 Å². The average molecular weight is 786 g/mol. The van der Waals surface area contributed by atoms with Crippen LogP contribution in [0.4, 0.5) is 0 Å². The molecule has 0 radical (unpaired) electrons. The van der Waals surface area contributed by atoms with Gasteiger partial charge in [0.25, 0.3) is 0 Å². The number of rotatable bonds is 26. The first-order valence-electron chi connectivity index (χ1n) is 19.0. The largest absolute Gasteiger partial charge is 0.494 e. The van der Waals surface area contributed by atoms with Gasteiger partial charge in [-0.2, -0.15) is 0 Å². The second kappa shape index (κ2) is 24.7. The van der Waals surface area contributed by atoms with Crippen molar-refractivity contribution in [1.82, 2.24) is 0 Å². The minimum Gasteiger partial charge on any atom is -0.494 e. The zero-order chi connectivity index (χ0) is 36.1. The molecule has 1 fully saturated rings. The lowest BCUT2D eigenvalue weighted by Crippen LogP contribution is -2.58. The fourth-order valence-corrected chi connectivity index (χ4v) is 6.71. The smallest absolute Gasteiger partial charge is 0.140 e. The molecule has 0 aromatic heterocycles. The van der Waals surface area contributed by atoms with Crippen LogP contribution >= 0.6 is 27.5 Å². The van der Waals surface area contributed by atoms with Gasteiger partial charge in [-0.05, 0) is 84.3 Å². The first kappa shape index (κ1) is 43.0. The lowest BCUT2D eigenvalue weighted by molar-refractivity contribution is -0.268. The van der Waals surface area contributed by atoms with Crippen molar-refractivity contribution in [1.29, 1.82) is 0 Å². The molecule has 1 aliphatic heterocycles. The highest BCUT2D eigenvalue weighted by molar-refractivity contribution is 9.10. The third-order valence-corrected chi connectivity index (χ3v) is 10.1. The molecule has 0 saturated carbocycles. The Kier molecular flexibility index (Phi) is 21.3. The molecule has 5 atom stereocenters. The molecular formula is C40H62BrClO8. The van der Waals surface area contributed by atoms with E-state index < -0.39 is 24.4 Å². The van der Waals surface area contributed by atoms with Crippen LogP contribution in [0.5, 0.6) is 11.5 Å². The average Bonchev–Trinajstić information content (AvgIpc) is 3.12.